The van der Waals surface area contributed by atoms with Crippen molar-refractivity contribution < 1.29 is 14.3 Å². The molecule has 0 atom stereocenters. The molecule has 7 heteroatoms. The van der Waals surface area contributed by atoms with Gasteiger partial charge >= 0.3 is 6.09 Å². The van der Waals surface area contributed by atoms with E-state index in [1.54, 1.807) is 47.1 Å². The number of ether oxygens (including phenoxy) is 1. The molecule has 0 saturated carbocycles. The quantitative estimate of drug-likeness (QED) is 0.528. The fourth-order valence-corrected chi connectivity index (χ4v) is 3.02. The molecule has 0 spiro atoms. The number of nitrogens with one attached hydrogen (secondary N) is 1. The first kappa shape index (κ1) is 18.4. The van der Waals surface area contributed by atoms with Gasteiger partial charge in [-0.05, 0) is 25.1 Å². The summed E-state index contributed by atoms with van der Waals surface area (Å²) in [6, 6.07) is 17.9. The number of carbonyl (C=O) groups is 2. The van der Waals surface area contributed by atoms with Gasteiger partial charge in [-0.25, -0.2) is 14.3 Å². The highest BCUT2D eigenvalue weighted by atomic mass is 16.6. The summed E-state index contributed by atoms with van der Waals surface area (Å²) in [4.78, 5) is 28.9. The molecule has 29 heavy (non-hydrogen) atoms. The van der Waals surface area contributed by atoms with Crippen molar-refractivity contribution in [3.8, 4) is 17.0 Å². The number of hydrogen-bond donors (Lipinski definition) is 1. The number of aromatic nitrogens is 3. The fraction of sp³-hybridized carbons (Fsp3) is 0.0909. The molecule has 0 radical (unpaired) electrons. The van der Waals surface area contributed by atoms with Crippen LogP contribution in [0.25, 0.3) is 16.9 Å². The van der Waals surface area contributed by atoms with Crippen molar-refractivity contribution in [1.29, 1.82) is 0 Å². The summed E-state index contributed by atoms with van der Waals surface area (Å²) in [6.45, 7) is 2.30. The lowest BCUT2D eigenvalue weighted by molar-refractivity contribution is 0.104. The number of hydrogen-bond acceptors (Lipinski definition) is 5. The van der Waals surface area contributed by atoms with Crippen molar-refractivity contribution in [3.05, 3.63) is 84.2 Å². The Balaban J connectivity index is 1.72. The summed E-state index contributed by atoms with van der Waals surface area (Å²) in [5.41, 5.74) is 2.97. The van der Waals surface area contributed by atoms with Gasteiger partial charge in [-0.15, -0.1) is 0 Å². The van der Waals surface area contributed by atoms with Gasteiger partial charge in [-0.3, -0.25) is 4.79 Å². The predicted octanol–water partition coefficient (Wildman–Crippen LogP) is 3.74. The molecule has 0 saturated heterocycles. The first-order chi connectivity index (χ1) is 14.2. The maximum Gasteiger partial charge on any atom is 0.412 e. The van der Waals surface area contributed by atoms with Crippen molar-refractivity contribution in [1.82, 2.24) is 19.9 Å². The zero-order chi connectivity index (χ0) is 20.2. The molecule has 4 rings (SSSR count). The van der Waals surface area contributed by atoms with Gasteiger partial charge in [-0.1, -0.05) is 42.5 Å². The summed E-state index contributed by atoms with van der Waals surface area (Å²) in [5.74, 6) is 0.268. The Hall–Kier alpha value is -4.00. The van der Waals surface area contributed by atoms with E-state index in [1.165, 1.54) is 6.20 Å². The monoisotopic (exact) mass is 386 g/mol. The second-order valence-electron chi connectivity index (χ2n) is 6.27. The van der Waals surface area contributed by atoms with Gasteiger partial charge in [-0.2, -0.15) is 5.10 Å². The highest BCUT2D eigenvalue weighted by Crippen LogP contribution is 2.25. The Bertz CT molecular complexity index is 1190. The Kier molecular flexibility index (Phi) is 5.03. The number of fused-ring (bicyclic) bond motifs is 1. The van der Waals surface area contributed by atoms with Gasteiger partial charge < -0.3 is 10.1 Å². The van der Waals surface area contributed by atoms with E-state index in [-0.39, 0.29) is 5.78 Å². The molecule has 2 aromatic heterocycles. The van der Waals surface area contributed by atoms with Crippen LogP contribution in [-0.4, -0.2) is 33.0 Å². The molecule has 0 fully saturated rings. The van der Waals surface area contributed by atoms with Gasteiger partial charge in [0.15, 0.2) is 11.4 Å². The first-order valence-corrected chi connectivity index (χ1v) is 9.16. The smallest absolute Gasteiger partial charge is 0.410 e. The van der Waals surface area contributed by atoms with Crippen molar-refractivity contribution in [2.45, 2.75) is 6.92 Å². The van der Waals surface area contributed by atoms with E-state index in [9.17, 15) is 9.59 Å². The Morgan fingerprint density at radius 1 is 1.07 bits per heavy atom. The molecule has 2 aromatic carbocycles. The van der Waals surface area contributed by atoms with Crippen molar-refractivity contribution >= 4 is 17.5 Å². The molecule has 0 aliphatic heterocycles. The minimum atomic E-state index is -0.514. The lowest BCUT2D eigenvalue weighted by Gasteiger charge is -2.08. The molecule has 144 valence electrons. The van der Waals surface area contributed by atoms with E-state index in [0.717, 1.165) is 11.3 Å². The van der Waals surface area contributed by atoms with Crippen LogP contribution in [0.4, 0.5) is 4.79 Å². The lowest BCUT2D eigenvalue weighted by atomic mass is 10.1. The second-order valence-corrected chi connectivity index (χ2v) is 6.27. The minimum absolute atomic E-state index is 0.140. The molecule has 4 aromatic rings. The Labute approximate surface area is 167 Å². The van der Waals surface area contributed by atoms with Crippen LogP contribution < -0.4 is 10.1 Å². The fourth-order valence-electron chi connectivity index (χ4n) is 3.02. The van der Waals surface area contributed by atoms with E-state index in [2.05, 4.69) is 15.4 Å². The van der Waals surface area contributed by atoms with E-state index in [0.29, 0.717) is 29.1 Å². The number of ketones is 1. The van der Waals surface area contributed by atoms with Gasteiger partial charge in [0.1, 0.15) is 5.75 Å². The molecular formula is C22H18N4O3. The summed E-state index contributed by atoms with van der Waals surface area (Å²) in [5, 5.41) is 6.96. The average molecular weight is 386 g/mol. The predicted molar refractivity (Wildman–Crippen MR) is 108 cm³/mol. The number of nitrogens with zero attached hydrogens (tertiary/aromatic N) is 3. The molecule has 7 nitrogen and oxygen atoms in total. The SMILES string of the molecule is CCNC(=O)Oc1cccc(-c2ccnc3c(C(=O)c4ccccc4)cnn23)c1. The van der Waals surface area contributed by atoms with Gasteiger partial charge in [0.25, 0.3) is 0 Å². The molecule has 0 unspecified atom stereocenters. The minimum Gasteiger partial charge on any atom is -0.410 e. The topological polar surface area (TPSA) is 85.6 Å². The van der Waals surface area contributed by atoms with E-state index >= 15 is 0 Å². The van der Waals surface area contributed by atoms with Crippen LogP contribution in [0.15, 0.2) is 73.1 Å². The van der Waals surface area contributed by atoms with E-state index in [1.807, 2.05) is 31.2 Å². The van der Waals surface area contributed by atoms with Gasteiger partial charge in [0.2, 0.25) is 0 Å². The van der Waals surface area contributed by atoms with Crippen molar-refractivity contribution in [2.75, 3.05) is 6.54 Å². The van der Waals surface area contributed by atoms with Crippen LogP contribution in [-0.2, 0) is 0 Å². The molecule has 1 N–H and O–H groups in total. The van der Waals surface area contributed by atoms with Crippen LogP contribution in [0.3, 0.4) is 0 Å². The summed E-state index contributed by atoms with van der Waals surface area (Å²) < 4.78 is 6.89. The zero-order valence-electron chi connectivity index (χ0n) is 15.7. The maximum atomic E-state index is 12.8. The Morgan fingerprint density at radius 2 is 1.90 bits per heavy atom. The number of carbonyl (C=O) groups excluding carboxylic acids is 2. The highest BCUT2D eigenvalue weighted by molar-refractivity contribution is 6.12. The van der Waals surface area contributed by atoms with Crippen LogP contribution in [0, 0.1) is 0 Å². The largest absolute Gasteiger partial charge is 0.412 e. The third-order valence-corrected chi connectivity index (χ3v) is 4.34. The third-order valence-electron chi connectivity index (χ3n) is 4.34. The summed E-state index contributed by atoms with van der Waals surface area (Å²) >= 11 is 0. The van der Waals surface area contributed by atoms with Crippen LogP contribution >= 0.6 is 0 Å². The molecule has 0 aliphatic carbocycles. The lowest BCUT2D eigenvalue weighted by Crippen LogP contribution is -2.26. The summed E-state index contributed by atoms with van der Waals surface area (Å²) in [7, 11) is 0. The van der Waals surface area contributed by atoms with Gasteiger partial charge in [0.05, 0.1) is 17.5 Å². The van der Waals surface area contributed by atoms with Crippen molar-refractivity contribution in [2.24, 2.45) is 0 Å². The number of benzene rings is 2. The van der Waals surface area contributed by atoms with Crippen LogP contribution in [0.5, 0.6) is 5.75 Å². The van der Waals surface area contributed by atoms with Gasteiger partial charge in [0, 0.05) is 23.9 Å². The maximum absolute atomic E-state index is 12.8. The normalized spacial score (nSPS) is 10.7. The van der Waals surface area contributed by atoms with Crippen LogP contribution in [0.1, 0.15) is 22.8 Å². The third kappa shape index (κ3) is 3.70. The van der Waals surface area contributed by atoms with E-state index < -0.39 is 6.09 Å². The summed E-state index contributed by atoms with van der Waals surface area (Å²) in [6.07, 6.45) is 2.64. The number of amides is 1. The van der Waals surface area contributed by atoms with Crippen molar-refractivity contribution in [3.63, 3.8) is 0 Å². The molecule has 2 heterocycles. The second kappa shape index (κ2) is 7.93. The molecule has 1 amide bonds. The standard InChI is InChI=1S/C22H18N4O3/c1-2-23-22(28)29-17-10-6-9-16(13-17)19-11-12-24-21-18(14-25-26(19)21)20(27)15-7-4-3-5-8-15/h3-14H,2H2,1H3,(H,23,28). The number of rotatable bonds is 5. The average Bonchev–Trinajstić information content (AvgIpc) is 3.18. The van der Waals surface area contributed by atoms with E-state index in [4.69, 9.17) is 4.74 Å². The molecule has 0 bridgehead atoms. The van der Waals surface area contributed by atoms with Crippen LogP contribution in [0.2, 0.25) is 0 Å². The highest BCUT2D eigenvalue weighted by Gasteiger charge is 2.17. The first-order valence-electron chi connectivity index (χ1n) is 9.16. The Morgan fingerprint density at radius 3 is 2.69 bits per heavy atom. The molecule has 0 aliphatic rings. The molecular weight excluding hydrogens is 368 g/mol. The zero-order valence-corrected chi connectivity index (χ0v) is 15.7.